The fraction of sp³-hybridized carbons (Fsp3) is 0.538. The number of hydrogen-bond acceptors (Lipinski definition) is 5. The fourth-order valence-electron chi connectivity index (χ4n) is 1.90. The second-order valence-corrected chi connectivity index (χ2v) is 4.42. The highest BCUT2D eigenvalue weighted by atomic mass is 16.5. The number of carbonyl (C=O) groups is 1. The molecule has 0 aliphatic carbocycles. The zero-order valence-corrected chi connectivity index (χ0v) is 11.6. The molecule has 0 aromatic carbocycles. The first-order valence-corrected chi connectivity index (χ1v) is 6.63. The van der Waals surface area contributed by atoms with Crippen LogP contribution < -0.4 is 15.4 Å². The lowest BCUT2D eigenvalue weighted by molar-refractivity contribution is 0.0388. The molecule has 2 heterocycles. The molecule has 1 aromatic rings. The van der Waals surface area contributed by atoms with Crippen LogP contribution >= 0.6 is 0 Å². The SMILES string of the molecule is COc1ccc(NC(=O)NCCN2CCOCC2)cn1. The van der Waals surface area contributed by atoms with Gasteiger partial charge in [-0.25, -0.2) is 9.78 Å². The van der Waals surface area contributed by atoms with Crippen LogP contribution in [-0.4, -0.2) is 62.4 Å². The van der Waals surface area contributed by atoms with Gasteiger partial charge in [0, 0.05) is 32.2 Å². The predicted molar refractivity (Wildman–Crippen MR) is 75.1 cm³/mol. The summed E-state index contributed by atoms with van der Waals surface area (Å²) in [4.78, 5) is 18.0. The van der Waals surface area contributed by atoms with Crippen LogP contribution in [0.3, 0.4) is 0 Å². The second-order valence-electron chi connectivity index (χ2n) is 4.42. The molecule has 0 saturated carbocycles. The summed E-state index contributed by atoms with van der Waals surface area (Å²) in [6, 6.07) is 3.21. The molecular weight excluding hydrogens is 260 g/mol. The van der Waals surface area contributed by atoms with E-state index < -0.39 is 0 Å². The summed E-state index contributed by atoms with van der Waals surface area (Å²) in [5.74, 6) is 0.517. The molecule has 1 aliphatic rings. The Morgan fingerprint density at radius 3 is 2.90 bits per heavy atom. The number of urea groups is 1. The molecule has 2 rings (SSSR count). The number of anilines is 1. The Kier molecular flexibility index (Phi) is 5.57. The number of amides is 2. The summed E-state index contributed by atoms with van der Waals surface area (Å²) in [6.07, 6.45) is 1.56. The van der Waals surface area contributed by atoms with Crippen molar-refractivity contribution in [3.63, 3.8) is 0 Å². The number of nitrogens with one attached hydrogen (secondary N) is 2. The molecule has 2 N–H and O–H groups in total. The van der Waals surface area contributed by atoms with Crippen molar-refractivity contribution in [3.05, 3.63) is 18.3 Å². The van der Waals surface area contributed by atoms with Crippen molar-refractivity contribution in [3.8, 4) is 5.88 Å². The van der Waals surface area contributed by atoms with Gasteiger partial charge in [0.05, 0.1) is 32.2 Å². The number of carbonyl (C=O) groups excluding carboxylic acids is 1. The molecule has 7 nitrogen and oxygen atoms in total. The lowest BCUT2D eigenvalue weighted by Crippen LogP contribution is -2.42. The van der Waals surface area contributed by atoms with Crippen LogP contribution in [0.4, 0.5) is 10.5 Å². The highest BCUT2D eigenvalue weighted by Crippen LogP contribution is 2.10. The maximum Gasteiger partial charge on any atom is 0.319 e. The van der Waals surface area contributed by atoms with E-state index in [1.165, 1.54) is 0 Å². The van der Waals surface area contributed by atoms with Crippen molar-refractivity contribution >= 4 is 11.7 Å². The molecule has 110 valence electrons. The molecular formula is C13H20N4O3. The van der Waals surface area contributed by atoms with Crippen molar-refractivity contribution in [2.24, 2.45) is 0 Å². The quantitative estimate of drug-likeness (QED) is 0.823. The Morgan fingerprint density at radius 1 is 1.45 bits per heavy atom. The first-order valence-electron chi connectivity index (χ1n) is 6.63. The molecule has 0 bridgehead atoms. The number of aromatic nitrogens is 1. The third-order valence-corrected chi connectivity index (χ3v) is 3.02. The minimum atomic E-state index is -0.231. The van der Waals surface area contributed by atoms with Crippen LogP contribution in [0, 0.1) is 0 Å². The topological polar surface area (TPSA) is 75.7 Å². The fourth-order valence-corrected chi connectivity index (χ4v) is 1.90. The van der Waals surface area contributed by atoms with Crippen molar-refractivity contribution in [1.82, 2.24) is 15.2 Å². The van der Waals surface area contributed by atoms with Gasteiger partial charge in [0.25, 0.3) is 0 Å². The van der Waals surface area contributed by atoms with E-state index in [1.54, 1.807) is 25.4 Å². The molecule has 20 heavy (non-hydrogen) atoms. The van der Waals surface area contributed by atoms with Crippen LogP contribution in [0.15, 0.2) is 18.3 Å². The summed E-state index contributed by atoms with van der Waals surface area (Å²) in [5.41, 5.74) is 0.634. The Morgan fingerprint density at radius 2 is 2.25 bits per heavy atom. The van der Waals surface area contributed by atoms with Crippen LogP contribution in [0.25, 0.3) is 0 Å². The lowest BCUT2D eigenvalue weighted by atomic mass is 10.4. The van der Waals surface area contributed by atoms with Gasteiger partial charge in [0.1, 0.15) is 0 Å². The Balaban J connectivity index is 1.66. The summed E-state index contributed by atoms with van der Waals surface area (Å²) in [6.45, 7) is 4.82. The Hall–Kier alpha value is -1.86. The zero-order valence-electron chi connectivity index (χ0n) is 11.6. The van der Waals surface area contributed by atoms with E-state index >= 15 is 0 Å². The standard InChI is InChI=1S/C13H20N4O3/c1-19-12-3-2-11(10-15-12)16-13(18)14-4-5-17-6-8-20-9-7-17/h2-3,10H,4-9H2,1H3,(H2,14,16,18). The molecule has 0 radical (unpaired) electrons. The lowest BCUT2D eigenvalue weighted by Gasteiger charge is -2.26. The van der Waals surface area contributed by atoms with Gasteiger partial charge in [-0.1, -0.05) is 0 Å². The van der Waals surface area contributed by atoms with Gasteiger partial charge in [0.2, 0.25) is 5.88 Å². The summed E-state index contributed by atoms with van der Waals surface area (Å²) < 4.78 is 10.2. The van der Waals surface area contributed by atoms with Crippen molar-refractivity contribution < 1.29 is 14.3 Å². The first-order chi connectivity index (χ1) is 9.78. The van der Waals surface area contributed by atoms with Crippen LogP contribution in [0.2, 0.25) is 0 Å². The van der Waals surface area contributed by atoms with E-state index in [-0.39, 0.29) is 6.03 Å². The molecule has 7 heteroatoms. The van der Waals surface area contributed by atoms with Gasteiger partial charge in [-0.3, -0.25) is 4.90 Å². The summed E-state index contributed by atoms with van der Waals surface area (Å²) >= 11 is 0. The maximum atomic E-state index is 11.7. The van der Waals surface area contributed by atoms with Crippen LogP contribution in [0.1, 0.15) is 0 Å². The third-order valence-electron chi connectivity index (χ3n) is 3.02. The van der Waals surface area contributed by atoms with E-state index in [0.717, 1.165) is 32.8 Å². The zero-order chi connectivity index (χ0) is 14.2. The number of pyridine rings is 1. The minimum Gasteiger partial charge on any atom is -0.481 e. The first kappa shape index (κ1) is 14.5. The highest BCUT2D eigenvalue weighted by molar-refractivity contribution is 5.88. The third kappa shape index (κ3) is 4.67. The predicted octanol–water partition coefficient (Wildman–Crippen LogP) is 0.544. The summed E-state index contributed by atoms with van der Waals surface area (Å²) in [7, 11) is 1.55. The normalized spacial score (nSPS) is 15.7. The smallest absolute Gasteiger partial charge is 0.319 e. The number of ether oxygens (including phenoxy) is 2. The van der Waals surface area contributed by atoms with E-state index in [9.17, 15) is 4.79 Å². The minimum absolute atomic E-state index is 0.231. The van der Waals surface area contributed by atoms with Gasteiger partial charge in [-0.05, 0) is 6.07 Å². The number of rotatable bonds is 5. The highest BCUT2D eigenvalue weighted by Gasteiger charge is 2.10. The van der Waals surface area contributed by atoms with E-state index in [0.29, 0.717) is 18.1 Å². The number of methoxy groups -OCH3 is 1. The molecule has 2 amide bonds. The average Bonchev–Trinajstić information content (AvgIpc) is 2.49. The molecule has 1 aromatic heterocycles. The van der Waals surface area contributed by atoms with Gasteiger partial charge >= 0.3 is 6.03 Å². The second kappa shape index (κ2) is 7.66. The van der Waals surface area contributed by atoms with Gasteiger partial charge in [-0.15, -0.1) is 0 Å². The maximum absolute atomic E-state index is 11.7. The van der Waals surface area contributed by atoms with Gasteiger partial charge in [0.15, 0.2) is 0 Å². The number of morpholine rings is 1. The van der Waals surface area contributed by atoms with Crippen molar-refractivity contribution in [1.29, 1.82) is 0 Å². The molecule has 1 fully saturated rings. The molecule has 0 spiro atoms. The molecule has 1 aliphatic heterocycles. The molecule has 1 saturated heterocycles. The van der Waals surface area contributed by atoms with E-state index in [1.807, 2.05) is 0 Å². The summed E-state index contributed by atoms with van der Waals surface area (Å²) in [5, 5.41) is 5.54. The van der Waals surface area contributed by atoms with Crippen LogP contribution in [-0.2, 0) is 4.74 Å². The average molecular weight is 280 g/mol. The van der Waals surface area contributed by atoms with Crippen LogP contribution in [0.5, 0.6) is 5.88 Å². The number of hydrogen-bond donors (Lipinski definition) is 2. The van der Waals surface area contributed by atoms with E-state index in [2.05, 4.69) is 20.5 Å². The molecule has 0 unspecified atom stereocenters. The van der Waals surface area contributed by atoms with Gasteiger partial charge in [-0.2, -0.15) is 0 Å². The van der Waals surface area contributed by atoms with Crippen molar-refractivity contribution in [2.45, 2.75) is 0 Å². The molecule has 0 atom stereocenters. The number of nitrogens with zero attached hydrogens (tertiary/aromatic N) is 2. The van der Waals surface area contributed by atoms with E-state index in [4.69, 9.17) is 9.47 Å². The Labute approximate surface area is 118 Å². The van der Waals surface area contributed by atoms with Crippen molar-refractivity contribution in [2.75, 3.05) is 51.8 Å². The largest absolute Gasteiger partial charge is 0.481 e. The monoisotopic (exact) mass is 280 g/mol. The van der Waals surface area contributed by atoms with Gasteiger partial charge < -0.3 is 20.1 Å². The Bertz CT molecular complexity index is 418.